The first-order valence-electron chi connectivity index (χ1n) is 15.4. The van der Waals surface area contributed by atoms with E-state index in [0.717, 1.165) is 41.8 Å². The average molecular weight is 928 g/mol. The van der Waals surface area contributed by atoms with E-state index in [0.29, 0.717) is 12.1 Å². The van der Waals surface area contributed by atoms with Crippen LogP contribution in [0.3, 0.4) is 0 Å². The molecule has 0 amide bonds. The van der Waals surface area contributed by atoms with Crippen LogP contribution >= 0.6 is 11.6 Å². The predicted molar refractivity (Wildman–Crippen MR) is 208 cm³/mol. The van der Waals surface area contributed by atoms with Crippen molar-refractivity contribution < 1.29 is 65.4 Å². The van der Waals surface area contributed by atoms with Gasteiger partial charge in [0.05, 0.1) is 15.5 Å². The first-order valence-corrected chi connectivity index (χ1v) is 23.1. The fourth-order valence-corrected chi connectivity index (χ4v) is 9.18. The summed E-state index contributed by atoms with van der Waals surface area (Å²) in [5.41, 5.74) is -2.27. The smallest absolute Gasteiger partial charge is 0.297 e. The zero-order chi connectivity index (χ0) is 43.5. The standard InChI is InChI=1S/C31H22ClN7O15S5/c1-2-55(41,42)17-6-3-5-16(13-17)33-30-35-29(32)36-31(37-30)34-22-14-18(56(43,44)45)11-15-12-24(58(49,50)51)26(27(40)25(15)22)39-38-21-10-9-19-20(28(21)59(52,53)54)7-4-8-23(19)57(46,47)48/h2-14,40H,1H2,(H,43,44,45)(H,46,47,48)(H,49,50,51)(H,52,53,54)(H2,33,34,35,36,37). The van der Waals surface area contributed by atoms with E-state index in [2.05, 4.69) is 42.4 Å². The molecule has 0 aliphatic carbocycles. The molecule has 0 bridgehead atoms. The summed E-state index contributed by atoms with van der Waals surface area (Å²) in [5, 5.41) is 22.4. The maximum absolute atomic E-state index is 12.6. The summed E-state index contributed by atoms with van der Waals surface area (Å²) in [7, 11) is -24.7. The number of phenolic OH excluding ortho intramolecular Hbond substituents is 1. The normalized spacial score (nSPS) is 12.9. The number of azo groups is 1. The molecule has 0 aliphatic rings. The second-order valence-electron chi connectivity index (χ2n) is 11.7. The van der Waals surface area contributed by atoms with E-state index in [1.165, 1.54) is 24.3 Å². The summed E-state index contributed by atoms with van der Waals surface area (Å²) >= 11 is 6.11. The van der Waals surface area contributed by atoms with Crippen molar-refractivity contribution in [2.45, 2.75) is 24.5 Å². The Morgan fingerprint density at radius 3 is 1.90 bits per heavy atom. The van der Waals surface area contributed by atoms with Crippen LogP contribution in [0.4, 0.5) is 34.6 Å². The third-order valence-corrected chi connectivity index (χ3v) is 13.0. The molecule has 6 rings (SSSR count). The minimum absolute atomic E-state index is 0.132. The number of halogens is 1. The highest BCUT2D eigenvalue weighted by Crippen LogP contribution is 2.46. The van der Waals surface area contributed by atoms with E-state index in [-0.39, 0.29) is 16.5 Å². The van der Waals surface area contributed by atoms with Gasteiger partial charge in [-0.1, -0.05) is 30.8 Å². The summed E-state index contributed by atoms with van der Waals surface area (Å²) in [5.74, 6) is -2.02. The summed E-state index contributed by atoms with van der Waals surface area (Å²) < 4.78 is 163. The minimum atomic E-state index is -5.43. The molecule has 28 heteroatoms. The highest BCUT2D eigenvalue weighted by atomic mass is 35.5. The van der Waals surface area contributed by atoms with Gasteiger partial charge < -0.3 is 15.7 Å². The number of aromatic nitrogens is 3. The molecule has 1 aromatic heterocycles. The second kappa shape index (κ2) is 15.1. The molecule has 0 saturated carbocycles. The molecule has 308 valence electrons. The van der Waals surface area contributed by atoms with Gasteiger partial charge in [-0.15, -0.1) is 10.2 Å². The third kappa shape index (κ3) is 8.97. The van der Waals surface area contributed by atoms with Gasteiger partial charge in [0.1, 0.15) is 26.1 Å². The van der Waals surface area contributed by atoms with Gasteiger partial charge in [0.2, 0.25) is 17.2 Å². The third-order valence-electron chi connectivity index (χ3n) is 7.94. The van der Waals surface area contributed by atoms with Crippen LogP contribution in [-0.2, 0) is 50.3 Å². The van der Waals surface area contributed by atoms with Gasteiger partial charge in [0.15, 0.2) is 15.6 Å². The molecule has 0 radical (unpaired) electrons. The molecule has 5 aromatic carbocycles. The van der Waals surface area contributed by atoms with E-state index in [1.54, 1.807) is 0 Å². The number of sulfone groups is 1. The number of phenols is 1. The molecular weight excluding hydrogens is 906 g/mol. The van der Waals surface area contributed by atoms with Crippen molar-refractivity contribution in [3.05, 3.63) is 90.1 Å². The monoisotopic (exact) mass is 927 g/mol. The van der Waals surface area contributed by atoms with Crippen molar-refractivity contribution in [3.8, 4) is 5.75 Å². The lowest BCUT2D eigenvalue weighted by molar-refractivity contribution is 0.472. The number of hydrogen-bond donors (Lipinski definition) is 7. The van der Waals surface area contributed by atoms with Crippen LogP contribution in [0, 0.1) is 0 Å². The Kier molecular flexibility index (Phi) is 11.0. The lowest BCUT2D eigenvalue weighted by Gasteiger charge is -2.15. The number of anilines is 4. The van der Waals surface area contributed by atoms with E-state index < -0.39 is 125 Å². The molecule has 22 nitrogen and oxygen atoms in total. The Morgan fingerprint density at radius 1 is 0.644 bits per heavy atom. The Labute approximate surface area is 337 Å². The molecule has 59 heavy (non-hydrogen) atoms. The average Bonchev–Trinajstić information content (AvgIpc) is 3.11. The second-order valence-corrected chi connectivity index (χ2v) is 19.5. The number of benzene rings is 5. The molecule has 0 spiro atoms. The highest BCUT2D eigenvalue weighted by Gasteiger charge is 2.28. The van der Waals surface area contributed by atoms with Gasteiger partial charge in [0.25, 0.3) is 40.5 Å². The zero-order valence-corrected chi connectivity index (χ0v) is 33.5. The molecule has 0 atom stereocenters. The van der Waals surface area contributed by atoms with Crippen molar-refractivity contribution >= 4 is 118 Å². The van der Waals surface area contributed by atoms with Crippen LogP contribution in [0.2, 0.25) is 5.28 Å². The van der Waals surface area contributed by atoms with Crippen LogP contribution in [0.15, 0.2) is 119 Å². The molecule has 0 saturated heterocycles. The summed E-state index contributed by atoms with van der Waals surface area (Å²) in [6, 6.07) is 12.1. The minimum Gasteiger partial charge on any atom is -0.505 e. The summed E-state index contributed by atoms with van der Waals surface area (Å²) in [6.07, 6.45) is 0. The van der Waals surface area contributed by atoms with Crippen LogP contribution in [0.25, 0.3) is 21.5 Å². The first kappa shape index (κ1) is 42.8. The lowest BCUT2D eigenvalue weighted by Crippen LogP contribution is -2.06. The van der Waals surface area contributed by atoms with Crippen molar-refractivity contribution in [1.82, 2.24) is 15.0 Å². The number of nitrogens with one attached hydrogen (secondary N) is 2. The van der Waals surface area contributed by atoms with Gasteiger partial charge in [-0.25, -0.2) is 8.42 Å². The van der Waals surface area contributed by atoms with Gasteiger partial charge in [0, 0.05) is 27.3 Å². The number of fused-ring (bicyclic) bond motifs is 2. The van der Waals surface area contributed by atoms with E-state index in [9.17, 15) is 65.4 Å². The Morgan fingerprint density at radius 2 is 1.29 bits per heavy atom. The molecule has 0 fully saturated rings. The molecule has 7 N–H and O–H groups in total. The number of rotatable bonds is 12. The number of nitrogens with zero attached hydrogens (tertiary/aromatic N) is 5. The van der Waals surface area contributed by atoms with Crippen LogP contribution in [0.1, 0.15) is 0 Å². The first-order chi connectivity index (χ1) is 27.3. The number of aromatic hydroxyl groups is 1. The van der Waals surface area contributed by atoms with Crippen molar-refractivity contribution in [1.29, 1.82) is 0 Å². The highest BCUT2D eigenvalue weighted by molar-refractivity contribution is 7.94. The maximum atomic E-state index is 12.6. The van der Waals surface area contributed by atoms with Gasteiger partial charge >= 0.3 is 0 Å². The van der Waals surface area contributed by atoms with Gasteiger partial charge in [-0.2, -0.15) is 48.6 Å². The maximum Gasteiger partial charge on any atom is 0.297 e. The van der Waals surface area contributed by atoms with Crippen molar-refractivity contribution in [2.24, 2.45) is 10.2 Å². The lowest BCUT2D eigenvalue weighted by atomic mass is 10.1. The van der Waals surface area contributed by atoms with Crippen LogP contribution < -0.4 is 10.6 Å². The number of hydrogen-bond acceptors (Lipinski definition) is 18. The summed E-state index contributed by atoms with van der Waals surface area (Å²) in [6.45, 7) is 3.27. The van der Waals surface area contributed by atoms with Crippen molar-refractivity contribution in [2.75, 3.05) is 10.6 Å². The molecule has 1 heterocycles. The van der Waals surface area contributed by atoms with Gasteiger partial charge in [-0.05, 0) is 65.5 Å². The predicted octanol–water partition coefficient (Wildman–Crippen LogP) is 5.34. The zero-order valence-electron chi connectivity index (χ0n) is 28.7. The van der Waals surface area contributed by atoms with Gasteiger partial charge in [-0.3, -0.25) is 18.2 Å². The van der Waals surface area contributed by atoms with Crippen LogP contribution in [0.5, 0.6) is 5.75 Å². The SMILES string of the molecule is C=CS(=O)(=O)c1cccc(Nc2nc(Cl)nc(Nc3cc(S(=O)(=O)O)cc4cc(S(=O)(=O)O)c(N=Nc5ccc6c(S(=O)(=O)O)cccc6c5S(=O)(=O)O)c(O)c34)n2)c1. The quantitative estimate of drug-likeness (QED) is 0.0601. The molecule has 6 aromatic rings. The van der Waals surface area contributed by atoms with E-state index in [1.807, 2.05) is 0 Å². The largest absolute Gasteiger partial charge is 0.505 e. The molecular formula is C31H22ClN7O15S5. The van der Waals surface area contributed by atoms with Crippen LogP contribution in [-0.4, -0.2) is 80.4 Å². The molecule has 0 unspecified atom stereocenters. The van der Waals surface area contributed by atoms with E-state index in [4.69, 9.17) is 11.6 Å². The Bertz CT molecular complexity index is 3410. The molecule has 0 aliphatic heterocycles. The summed E-state index contributed by atoms with van der Waals surface area (Å²) in [4.78, 5) is 7.73. The Balaban J connectivity index is 1.55. The fourth-order valence-electron chi connectivity index (χ4n) is 5.53. The fraction of sp³-hybridized carbons (Fsp3) is 0. The topological polar surface area (TPSA) is 359 Å². The van der Waals surface area contributed by atoms with E-state index >= 15 is 0 Å². The van der Waals surface area contributed by atoms with Crippen molar-refractivity contribution in [3.63, 3.8) is 0 Å². The Hall–Kier alpha value is -5.75.